The Kier molecular flexibility index (Phi) is 7.80. The Bertz CT molecular complexity index is 1070. The fraction of sp³-hybridized carbons (Fsp3) is 0.516. The van der Waals surface area contributed by atoms with E-state index in [-0.39, 0.29) is 17.6 Å². The van der Waals surface area contributed by atoms with Crippen LogP contribution in [0.3, 0.4) is 0 Å². The van der Waals surface area contributed by atoms with Gasteiger partial charge in [-0.15, -0.1) is 0 Å². The highest BCUT2D eigenvalue weighted by Gasteiger charge is 2.57. The van der Waals surface area contributed by atoms with Crippen LogP contribution < -0.4 is 5.32 Å². The zero-order valence-electron chi connectivity index (χ0n) is 22.0. The Hall–Kier alpha value is -2.46. The first-order chi connectivity index (χ1) is 16.7. The number of halogens is 1. The number of hydrogen-bond acceptors (Lipinski definition) is 2. The summed E-state index contributed by atoms with van der Waals surface area (Å²) in [5.74, 6) is 0.471. The summed E-state index contributed by atoms with van der Waals surface area (Å²) in [5, 5.41) is 2.98. The second-order valence-electron chi connectivity index (χ2n) is 11.2. The van der Waals surface area contributed by atoms with Crippen molar-refractivity contribution < 1.29 is 9.18 Å². The number of anilines is 1. The highest BCUT2D eigenvalue weighted by molar-refractivity contribution is 6.04. The lowest BCUT2D eigenvalue weighted by Crippen LogP contribution is -2.37. The minimum atomic E-state index is -0.337. The summed E-state index contributed by atoms with van der Waals surface area (Å²) in [4.78, 5) is 15.9. The van der Waals surface area contributed by atoms with Crippen molar-refractivity contribution in [2.75, 3.05) is 11.9 Å². The van der Waals surface area contributed by atoms with Gasteiger partial charge in [0.25, 0.3) is 5.91 Å². The molecule has 4 rings (SSSR count). The van der Waals surface area contributed by atoms with Crippen LogP contribution in [0.4, 0.5) is 10.1 Å². The van der Waals surface area contributed by atoms with Crippen LogP contribution in [-0.4, -0.2) is 29.4 Å². The summed E-state index contributed by atoms with van der Waals surface area (Å²) in [6.07, 6.45) is 7.42. The molecule has 0 aromatic heterocycles. The Morgan fingerprint density at radius 2 is 1.89 bits per heavy atom. The van der Waals surface area contributed by atoms with Gasteiger partial charge in [0, 0.05) is 29.9 Å². The standard InChI is InChI=1S/C31H41FN2O/c1-21(2)34(22(3)4)16-8-13-29(30(35)33-28-12-7-11-27(32)19-28)24-14-15-31(20-26(31)18-24)25-10-6-9-23(5)17-25/h6-7,9-13,17,19,21-22,24,26H,8,14-16,18,20H2,1-5H3,(H,33,35)/t24?,26?,31-/m1/s1. The Morgan fingerprint density at radius 1 is 1.14 bits per heavy atom. The van der Waals surface area contributed by atoms with Crippen molar-refractivity contribution in [2.24, 2.45) is 11.8 Å². The van der Waals surface area contributed by atoms with Gasteiger partial charge in [-0.25, -0.2) is 4.39 Å². The van der Waals surface area contributed by atoms with E-state index in [0.717, 1.165) is 37.8 Å². The van der Waals surface area contributed by atoms with Crippen LogP contribution in [0.2, 0.25) is 0 Å². The van der Waals surface area contributed by atoms with Crippen LogP contribution in [0.15, 0.2) is 60.2 Å². The third-order valence-electron chi connectivity index (χ3n) is 8.20. The van der Waals surface area contributed by atoms with Gasteiger partial charge in [-0.3, -0.25) is 9.69 Å². The van der Waals surface area contributed by atoms with E-state index in [0.29, 0.717) is 29.1 Å². The largest absolute Gasteiger partial charge is 0.322 e. The van der Waals surface area contributed by atoms with Crippen molar-refractivity contribution in [3.63, 3.8) is 0 Å². The average Bonchev–Trinajstić information content (AvgIpc) is 3.53. The number of carbonyl (C=O) groups is 1. The van der Waals surface area contributed by atoms with E-state index in [1.54, 1.807) is 12.1 Å². The molecule has 2 unspecified atom stereocenters. The molecule has 1 amide bonds. The third kappa shape index (κ3) is 5.86. The van der Waals surface area contributed by atoms with Crippen LogP contribution in [0, 0.1) is 24.6 Å². The molecule has 3 nitrogen and oxygen atoms in total. The maximum absolute atomic E-state index is 13.7. The number of rotatable bonds is 9. The van der Waals surface area contributed by atoms with E-state index in [9.17, 15) is 9.18 Å². The van der Waals surface area contributed by atoms with Gasteiger partial charge in [-0.1, -0.05) is 42.0 Å². The predicted octanol–water partition coefficient (Wildman–Crippen LogP) is 7.27. The fourth-order valence-electron chi connectivity index (χ4n) is 6.32. The Morgan fingerprint density at radius 3 is 2.54 bits per heavy atom. The molecule has 35 heavy (non-hydrogen) atoms. The number of fused-ring (bicyclic) bond motifs is 1. The number of hydrogen-bond donors (Lipinski definition) is 1. The Labute approximate surface area is 210 Å². The smallest absolute Gasteiger partial charge is 0.251 e. The number of benzene rings is 2. The third-order valence-corrected chi connectivity index (χ3v) is 8.20. The zero-order chi connectivity index (χ0) is 25.2. The summed E-state index contributed by atoms with van der Waals surface area (Å²) < 4.78 is 13.7. The lowest BCUT2D eigenvalue weighted by Gasteiger charge is -2.31. The molecule has 0 heterocycles. The second-order valence-corrected chi connectivity index (χ2v) is 11.2. The number of nitrogens with zero attached hydrogens (tertiary/aromatic N) is 1. The average molecular weight is 477 g/mol. The quantitative estimate of drug-likeness (QED) is 0.386. The highest BCUT2D eigenvalue weighted by Crippen LogP contribution is 2.64. The molecule has 4 heteroatoms. The molecule has 1 N–H and O–H groups in total. The maximum Gasteiger partial charge on any atom is 0.251 e. The van der Waals surface area contributed by atoms with Crippen molar-refractivity contribution in [1.29, 1.82) is 0 Å². The summed E-state index contributed by atoms with van der Waals surface area (Å²) in [6.45, 7) is 12.0. The number of aryl methyl sites for hydroxylation is 1. The van der Waals surface area contributed by atoms with Crippen molar-refractivity contribution in [1.82, 2.24) is 4.90 Å². The van der Waals surface area contributed by atoms with Crippen LogP contribution >= 0.6 is 0 Å². The predicted molar refractivity (Wildman–Crippen MR) is 143 cm³/mol. The lowest BCUT2D eigenvalue weighted by atomic mass is 9.75. The SMILES string of the molecule is Cc1cccc([C@]23CCC(C(=CCCN(C(C)C)C(C)C)C(=O)Nc4cccc(F)c4)CC2C3)c1. The first-order valence-electron chi connectivity index (χ1n) is 13.3. The molecule has 188 valence electrons. The summed E-state index contributed by atoms with van der Waals surface area (Å²) in [7, 11) is 0. The van der Waals surface area contributed by atoms with Gasteiger partial charge in [0.05, 0.1) is 0 Å². The molecule has 3 atom stereocenters. The highest BCUT2D eigenvalue weighted by atomic mass is 19.1. The molecular weight excluding hydrogens is 435 g/mol. The van der Waals surface area contributed by atoms with Crippen LogP contribution in [0.1, 0.15) is 70.9 Å². The van der Waals surface area contributed by atoms with E-state index in [2.05, 4.69) is 75.2 Å². The topological polar surface area (TPSA) is 32.3 Å². The van der Waals surface area contributed by atoms with Crippen LogP contribution in [0.25, 0.3) is 0 Å². The van der Waals surface area contributed by atoms with Crippen molar-refractivity contribution >= 4 is 11.6 Å². The second kappa shape index (κ2) is 10.7. The molecule has 0 spiro atoms. The maximum atomic E-state index is 13.7. The van der Waals surface area contributed by atoms with Crippen molar-refractivity contribution in [2.45, 2.75) is 84.2 Å². The lowest BCUT2D eigenvalue weighted by molar-refractivity contribution is -0.113. The molecular formula is C31H41FN2O. The molecule has 2 aliphatic rings. The van der Waals surface area contributed by atoms with Crippen molar-refractivity contribution in [3.8, 4) is 0 Å². The van der Waals surface area contributed by atoms with Gasteiger partial charge in [0.15, 0.2) is 0 Å². The van der Waals surface area contributed by atoms with Gasteiger partial charge in [-0.05, 0) is 108 Å². The summed E-state index contributed by atoms with van der Waals surface area (Å²) in [6, 6.07) is 16.1. The molecule has 2 aromatic rings. The zero-order valence-corrected chi connectivity index (χ0v) is 22.0. The minimum absolute atomic E-state index is 0.0788. The molecule has 0 saturated heterocycles. The molecule has 2 aliphatic carbocycles. The van der Waals surface area contributed by atoms with E-state index in [1.165, 1.54) is 29.7 Å². The molecule has 2 fully saturated rings. The van der Waals surface area contributed by atoms with Gasteiger partial charge in [0.1, 0.15) is 5.82 Å². The molecule has 2 saturated carbocycles. The number of amides is 1. The van der Waals surface area contributed by atoms with E-state index >= 15 is 0 Å². The normalized spacial score (nSPS) is 24.1. The molecule has 0 radical (unpaired) electrons. The summed E-state index contributed by atoms with van der Waals surface area (Å²) >= 11 is 0. The van der Waals surface area contributed by atoms with Gasteiger partial charge in [0.2, 0.25) is 0 Å². The van der Waals surface area contributed by atoms with Gasteiger partial charge >= 0.3 is 0 Å². The Balaban J connectivity index is 1.51. The fourth-order valence-corrected chi connectivity index (χ4v) is 6.32. The van der Waals surface area contributed by atoms with E-state index in [4.69, 9.17) is 0 Å². The minimum Gasteiger partial charge on any atom is -0.322 e. The van der Waals surface area contributed by atoms with E-state index in [1.807, 2.05) is 0 Å². The van der Waals surface area contributed by atoms with Gasteiger partial charge < -0.3 is 5.32 Å². The van der Waals surface area contributed by atoms with E-state index < -0.39 is 0 Å². The van der Waals surface area contributed by atoms with Crippen LogP contribution in [-0.2, 0) is 10.2 Å². The number of carbonyl (C=O) groups excluding carboxylic acids is 1. The molecule has 0 aliphatic heterocycles. The van der Waals surface area contributed by atoms with Crippen LogP contribution in [0.5, 0.6) is 0 Å². The van der Waals surface area contributed by atoms with Crippen molar-refractivity contribution in [3.05, 3.63) is 77.1 Å². The first kappa shape index (κ1) is 25.6. The first-order valence-corrected chi connectivity index (χ1v) is 13.3. The van der Waals surface area contributed by atoms with Gasteiger partial charge in [-0.2, -0.15) is 0 Å². The number of nitrogens with one attached hydrogen (secondary N) is 1. The molecule has 0 bridgehead atoms. The summed E-state index contributed by atoms with van der Waals surface area (Å²) in [5.41, 5.74) is 4.49. The molecule has 2 aromatic carbocycles. The monoisotopic (exact) mass is 476 g/mol.